The molecule has 2 amide bonds. The molecule has 1 aromatic heterocycles. The Labute approximate surface area is 209 Å². The van der Waals surface area contributed by atoms with Crippen LogP contribution in [0.4, 0.5) is 5.13 Å². The van der Waals surface area contributed by atoms with Gasteiger partial charge in [0.25, 0.3) is 11.8 Å². The van der Waals surface area contributed by atoms with E-state index in [4.69, 9.17) is 20.0 Å². The number of carbonyl (C=O) groups is 3. The van der Waals surface area contributed by atoms with E-state index in [1.807, 2.05) is 13.8 Å². The first-order valence-corrected chi connectivity index (χ1v) is 12.8. The first kappa shape index (κ1) is 25.0. The van der Waals surface area contributed by atoms with Crippen LogP contribution in [0.15, 0.2) is 21.8 Å². The highest BCUT2D eigenvalue weighted by Crippen LogP contribution is 2.43. The Hall–Kier alpha value is -2.13. The van der Waals surface area contributed by atoms with Gasteiger partial charge in [0.05, 0.1) is 18.4 Å². The summed E-state index contributed by atoms with van der Waals surface area (Å²) < 4.78 is 11.6. The number of carbonyl (C=O) groups excluding carboxylic acids is 3. The fourth-order valence-corrected chi connectivity index (χ4v) is 6.27. The number of fused-ring (bicyclic) bond motifs is 1. The molecule has 2 fully saturated rings. The number of thiol groups is 1. The number of ether oxygens (including phenoxy) is 2. The average Bonchev–Trinajstić information content (AvgIpc) is 3.20. The lowest BCUT2D eigenvalue weighted by atomic mass is 9.99. The third-order valence-corrected chi connectivity index (χ3v) is 7.74. The largest absolute Gasteiger partial charge is 0.398 e. The number of amides is 2. The van der Waals surface area contributed by atoms with Gasteiger partial charge in [0.2, 0.25) is 5.12 Å². The topological polar surface area (TPSA) is 145 Å². The highest BCUT2D eigenvalue weighted by Gasteiger charge is 2.54. The van der Waals surface area contributed by atoms with E-state index in [1.165, 1.54) is 23.8 Å². The smallest absolute Gasteiger partial charge is 0.276 e. The van der Waals surface area contributed by atoms with E-state index in [0.29, 0.717) is 25.2 Å². The van der Waals surface area contributed by atoms with Crippen LogP contribution in [0.1, 0.15) is 32.4 Å². The molecule has 0 bridgehead atoms. The summed E-state index contributed by atoms with van der Waals surface area (Å²) in [5.41, 5.74) is 6.86. The summed E-state index contributed by atoms with van der Waals surface area (Å²) in [6.45, 7) is 4.24. The molecule has 0 aromatic carbocycles. The molecule has 2 unspecified atom stereocenters. The molecule has 4 heterocycles. The first-order valence-electron chi connectivity index (χ1n) is 10.5. The zero-order chi connectivity index (χ0) is 24.6. The van der Waals surface area contributed by atoms with Crippen LogP contribution in [0.25, 0.3) is 0 Å². The van der Waals surface area contributed by atoms with E-state index in [1.54, 1.807) is 5.38 Å². The predicted octanol–water partition coefficient (Wildman–Crippen LogP) is 1.12. The lowest BCUT2D eigenvalue weighted by Crippen LogP contribution is -2.71. The molecule has 0 spiro atoms. The van der Waals surface area contributed by atoms with Crippen molar-refractivity contribution in [3.8, 4) is 0 Å². The third kappa shape index (κ3) is 4.96. The Morgan fingerprint density at radius 3 is 2.85 bits per heavy atom. The van der Waals surface area contributed by atoms with Crippen LogP contribution in [0.3, 0.4) is 0 Å². The van der Waals surface area contributed by atoms with Crippen molar-refractivity contribution in [1.29, 1.82) is 0 Å². The van der Waals surface area contributed by atoms with Crippen molar-refractivity contribution in [1.82, 2.24) is 15.2 Å². The average molecular weight is 528 g/mol. The SMILES string of the molecule is CO/N=C(\C(=O)NC1C(=O)N2C(C(=O)S)=C(CC3CCOC(C)(C)O3)CS[C@H]12)c1csc(N)n1. The molecule has 3 aliphatic heterocycles. The molecule has 0 radical (unpaired) electrons. The molecule has 3 N–H and O–H groups in total. The summed E-state index contributed by atoms with van der Waals surface area (Å²) in [5.74, 6) is -1.23. The van der Waals surface area contributed by atoms with Crippen LogP contribution in [-0.4, -0.2) is 75.3 Å². The van der Waals surface area contributed by atoms with E-state index in [2.05, 4.69) is 28.1 Å². The Morgan fingerprint density at radius 1 is 1.47 bits per heavy atom. The number of anilines is 1. The van der Waals surface area contributed by atoms with Gasteiger partial charge in [-0.25, -0.2) is 4.98 Å². The second kappa shape index (κ2) is 9.85. The highest BCUT2D eigenvalue weighted by atomic mass is 32.2. The number of thiazole rings is 1. The number of thioether (sulfide) groups is 1. The number of nitrogens with two attached hydrogens (primary N) is 1. The summed E-state index contributed by atoms with van der Waals surface area (Å²) in [6.07, 6.45) is 1.04. The zero-order valence-electron chi connectivity index (χ0n) is 18.8. The van der Waals surface area contributed by atoms with Crippen LogP contribution in [0.5, 0.6) is 0 Å². The normalized spacial score (nSPS) is 26.6. The van der Waals surface area contributed by atoms with E-state index in [9.17, 15) is 14.4 Å². The Kier molecular flexibility index (Phi) is 7.24. The Bertz CT molecular complexity index is 1070. The summed E-state index contributed by atoms with van der Waals surface area (Å²) in [5, 5.41) is 7.33. The molecule has 4 rings (SSSR count). The molecule has 2 saturated heterocycles. The minimum absolute atomic E-state index is 0.0940. The van der Waals surface area contributed by atoms with Crippen molar-refractivity contribution < 1.29 is 28.7 Å². The number of hydrogen-bond donors (Lipinski definition) is 3. The number of oxime groups is 1. The van der Waals surface area contributed by atoms with Crippen LogP contribution < -0.4 is 11.1 Å². The lowest BCUT2D eigenvalue weighted by Gasteiger charge is -2.50. The number of nitrogen functional groups attached to an aromatic ring is 1. The number of nitrogens with one attached hydrogen (secondary N) is 1. The first-order chi connectivity index (χ1) is 16.1. The number of nitrogens with zero attached hydrogens (tertiary/aromatic N) is 3. The molecule has 0 aliphatic carbocycles. The van der Waals surface area contributed by atoms with Gasteiger partial charge in [-0.05, 0) is 32.3 Å². The number of hydrogen-bond acceptors (Lipinski definition) is 11. The molecule has 11 nitrogen and oxygen atoms in total. The zero-order valence-corrected chi connectivity index (χ0v) is 21.3. The molecular formula is C20H25N5O6S3. The van der Waals surface area contributed by atoms with Gasteiger partial charge in [0.1, 0.15) is 24.2 Å². The second-order valence-electron chi connectivity index (χ2n) is 8.29. The molecule has 14 heteroatoms. The van der Waals surface area contributed by atoms with E-state index in [0.717, 1.165) is 16.9 Å². The van der Waals surface area contributed by atoms with Gasteiger partial charge in [-0.15, -0.1) is 23.1 Å². The van der Waals surface area contributed by atoms with E-state index < -0.39 is 34.1 Å². The summed E-state index contributed by atoms with van der Waals surface area (Å²) in [7, 11) is 1.30. The third-order valence-electron chi connectivity index (χ3n) is 5.51. The van der Waals surface area contributed by atoms with Gasteiger partial charge in [-0.1, -0.05) is 17.8 Å². The van der Waals surface area contributed by atoms with Crippen molar-refractivity contribution in [2.24, 2.45) is 5.16 Å². The van der Waals surface area contributed by atoms with E-state index in [-0.39, 0.29) is 28.3 Å². The Morgan fingerprint density at radius 2 is 2.24 bits per heavy atom. The monoisotopic (exact) mass is 527 g/mol. The maximum absolute atomic E-state index is 13.0. The second-order valence-corrected chi connectivity index (χ2v) is 10.7. The highest BCUT2D eigenvalue weighted by molar-refractivity contribution is 8.00. The Balaban J connectivity index is 1.49. The minimum Gasteiger partial charge on any atom is -0.398 e. The summed E-state index contributed by atoms with van der Waals surface area (Å²) in [6, 6.07) is -0.835. The quantitative estimate of drug-likeness (QED) is 0.205. The van der Waals surface area contributed by atoms with Gasteiger partial charge in [0, 0.05) is 11.1 Å². The van der Waals surface area contributed by atoms with Crippen molar-refractivity contribution >= 4 is 63.5 Å². The predicted molar refractivity (Wildman–Crippen MR) is 130 cm³/mol. The number of β-lactam (4-membered cyclic amide) rings is 1. The van der Waals surface area contributed by atoms with Gasteiger partial charge in [0.15, 0.2) is 16.6 Å². The maximum atomic E-state index is 13.0. The van der Waals surface area contributed by atoms with Crippen LogP contribution in [-0.2, 0) is 28.7 Å². The summed E-state index contributed by atoms with van der Waals surface area (Å²) >= 11 is 6.65. The molecule has 3 atom stereocenters. The molecule has 184 valence electrons. The van der Waals surface area contributed by atoms with Gasteiger partial charge in [-0.2, -0.15) is 0 Å². The molecule has 0 saturated carbocycles. The standard InChI is InChI=1S/C20H25N5O6S3/c1-20(2)30-5-4-10(31-20)6-9-7-33-17-13(16(27)25(17)14(9)18(28)32)23-15(26)12(24-29-3)11-8-34-19(21)22-11/h8,10,13,17H,4-7H2,1-3H3,(H2,21,22)(H,23,26)(H,28,32)/b24-12-/t10?,13?,17-/m1/s1. The lowest BCUT2D eigenvalue weighted by molar-refractivity contribution is -0.272. The van der Waals surface area contributed by atoms with Crippen LogP contribution >= 0.6 is 35.7 Å². The van der Waals surface area contributed by atoms with Gasteiger partial charge < -0.3 is 25.4 Å². The number of aromatic nitrogens is 1. The van der Waals surface area contributed by atoms with Crippen molar-refractivity contribution in [2.45, 2.75) is 50.0 Å². The van der Waals surface area contributed by atoms with Gasteiger partial charge >= 0.3 is 0 Å². The van der Waals surface area contributed by atoms with Crippen LogP contribution in [0.2, 0.25) is 0 Å². The number of rotatable bonds is 7. The van der Waals surface area contributed by atoms with Crippen molar-refractivity contribution in [2.75, 3.05) is 25.2 Å². The maximum Gasteiger partial charge on any atom is 0.276 e. The van der Waals surface area contributed by atoms with Crippen molar-refractivity contribution in [3.63, 3.8) is 0 Å². The van der Waals surface area contributed by atoms with Crippen molar-refractivity contribution in [3.05, 3.63) is 22.3 Å². The molecular weight excluding hydrogens is 502 g/mol. The fraction of sp³-hybridized carbons (Fsp3) is 0.550. The summed E-state index contributed by atoms with van der Waals surface area (Å²) in [4.78, 5) is 48.5. The fourth-order valence-electron chi connectivity index (χ4n) is 4.09. The molecule has 34 heavy (non-hydrogen) atoms. The van der Waals surface area contributed by atoms with Gasteiger partial charge in [-0.3, -0.25) is 19.3 Å². The molecule has 3 aliphatic rings. The van der Waals surface area contributed by atoms with Crippen LogP contribution in [0, 0.1) is 0 Å². The molecule has 1 aromatic rings. The van der Waals surface area contributed by atoms with E-state index >= 15 is 0 Å². The minimum atomic E-state index is -0.835.